The van der Waals surface area contributed by atoms with Crippen LogP contribution in [-0.2, 0) is 0 Å². The maximum absolute atomic E-state index is 12.2. The minimum absolute atomic E-state index is 0.0343. The van der Waals surface area contributed by atoms with Crippen molar-refractivity contribution in [3.63, 3.8) is 0 Å². The van der Waals surface area contributed by atoms with Crippen molar-refractivity contribution in [1.82, 2.24) is 0 Å². The Kier molecular flexibility index (Phi) is 7.67. The number of hydrogen-bond acceptors (Lipinski definition) is 2. The maximum Gasteiger partial charge on any atom is 0.335 e. The standard InChI is InChI=1S/C17H14O3.C8H8/c1-12(16(18)14-5-3-2-4-6-14)11-13-7-9-15(10-8-13)17(19)20;1-2-8-6-4-3-5-7-8/h2-11H,1H3,(H,19,20);2-7H,1H2/b12-11+;. The second-order valence-electron chi connectivity index (χ2n) is 6.06. The van der Waals surface area contributed by atoms with Gasteiger partial charge in [-0.15, -0.1) is 0 Å². The van der Waals surface area contributed by atoms with Crippen molar-refractivity contribution in [1.29, 1.82) is 0 Å². The maximum atomic E-state index is 12.2. The van der Waals surface area contributed by atoms with E-state index in [0.717, 1.165) is 5.56 Å². The molecule has 28 heavy (non-hydrogen) atoms. The zero-order chi connectivity index (χ0) is 20.4. The quantitative estimate of drug-likeness (QED) is 0.443. The van der Waals surface area contributed by atoms with Crippen molar-refractivity contribution >= 4 is 23.9 Å². The van der Waals surface area contributed by atoms with Gasteiger partial charge in [-0.3, -0.25) is 4.79 Å². The van der Waals surface area contributed by atoms with E-state index in [2.05, 4.69) is 6.58 Å². The summed E-state index contributed by atoms with van der Waals surface area (Å²) in [7, 11) is 0. The van der Waals surface area contributed by atoms with Gasteiger partial charge in [-0.25, -0.2) is 4.79 Å². The molecule has 0 aliphatic heterocycles. The van der Waals surface area contributed by atoms with Crippen LogP contribution in [0.1, 0.15) is 38.8 Å². The van der Waals surface area contributed by atoms with Gasteiger partial charge in [0.15, 0.2) is 5.78 Å². The van der Waals surface area contributed by atoms with E-state index in [9.17, 15) is 9.59 Å². The number of carboxylic acid groups (broad SMARTS) is 1. The average Bonchev–Trinajstić information content (AvgIpc) is 2.75. The fourth-order valence-corrected chi connectivity index (χ4v) is 2.44. The summed E-state index contributed by atoms with van der Waals surface area (Å²) in [5.41, 5.74) is 3.46. The number of Topliss-reactive ketones (excluding diaryl/α,β-unsaturated/α-hetero) is 1. The van der Waals surface area contributed by atoms with Crippen LogP contribution >= 0.6 is 0 Å². The smallest absolute Gasteiger partial charge is 0.335 e. The van der Waals surface area contributed by atoms with Crippen LogP contribution in [0.5, 0.6) is 0 Å². The summed E-state index contributed by atoms with van der Waals surface area (Å²) in [5.74, 6) is -0.995. The number of aromatic carboxylic acids is 1. The third kappa shape index (κ3) is 6.22. The highest BCUT2D eigenvalue weighted by Crippen LogP contribution is 2.13. The Bertz CT molecular complexity index is 954. The van der Waals surface area contributed by atoms with Gasteiger partial charge < -0.3 is 5.11 Å². The van der Waals surface area contributed by atoms with Crippen LogP contribution in [-0.4, -0.2) is 16.9 Å². The average molecular weight is 370 g/mol. The Labute approximate surface area is 165 Å². The van der Waals surface area contributed by atoms with Crippen LogP contribution < -0.4 is 0 Å². The second-order valence-corrected chi connectivity index (χ2v) is 6.06. The van der Waals surface area contributed by atoms with E-state index in [1.165, 1.54) is 17.7 Å². The molecule has 3 heteroatoms. The number of rotatable bonds is 5. The number of hydrogen-bond donors (Lipinski definition) is 1. The zero-order valence-corrected chi connectivity index (χ0v) is 15.7. The Morgan fingerprint density at radius 2 is 1.29 bits per heavy atom. The van der Waals surface area contributed by atoms with E-state index >= 15 is 0 Å². The first-order chi connectivity index (χ1) is 13.5. The molecular weight excluding hydrogens is 348 g/mol. The molecular formula is C25H22O3. The molecule has 0 aliphatic rings. The van der Waals surface area contributed by atoms with Crippen LogP contribution in [0.2, 0.25) is 0 Å². The topological polar surface area (TPSA) is 54.4 Å². The number of carboxylic acids is 1. The van der Waals surface area contributed by atoms with Gasteiger partial charge >= 0.3 is 5.97 Å². The lowest BCUT2D eigenvalue weighted by molar-refractivity contribution is 0.0696. The van der Waals surface area contributed by atoms with Gasteiger partial charge in [-0.2, -0.15) is 0 Å². The van der Waals surface area contributed by atoms with Crippen molar-refractivity contribution in [2.45, 2.75) is 6.92 Å². The van der Waals surface area contributed by atoms with Gasteiger partial charge in [-0.1, -0.05) is 85.5 Å². The highest BCUT2D eigenvalue weighted by atomic mass is 16.4. The lowest BCUT2D eigenvalue weighted by Gasteiger charge is -2.02. The fourth-order valence-electron chi connectivity index (χ4n) is 2.44. The molecule has 0 saturated carbocycles. The number of ketones is 1. The van der Waals surface area contributed by atoms with Crippen LogP contribution in [0.4, 0.5) is 0 Å². The van der Waals surface area contributed by atoms with E-state index in [-0.39, 0.29) is 11.3 Å². The lowest BCUT2D eigenvalue weighted by Crippen LogP contribution is -2.00. The molecule has 3 nitrogen and oxygen atoms in total. The molecule has 0 aliphatic carbocycles. The summed E-state index contributed by atoms with van der Waals surface area (Å²) in [6.45, 7) is 5.38. The SMILES string of the molecule is C/C(=C\c1ccc(C(=O)O)cc1)C(=O)c1ccccc1.C=Cc1ccccc1. The Hall–Kier alpha value is -3.72. The molecule has 140 valence electrons. The lowest BCUT2D eigenvalue weighted by atomic mass is 10.0. The molecule has 0 aromatic heterocycles. The number of benzene rings is 3. The van der Waals surface area contributed by atoms with Crippen LogP contribution in [0.15, 0.2) is 97.1 Å². The van der Waals surface area contributed by atoms with Gasteiger partial charge in [0.05, 0.1) is 5.56 Å². The summed E-state index contributed by atoms with van der Waals surface area (Å²) >= 11 is 0. The van der Waals surface area contributed by atoms with E-state index < -0.39 is 5.97 Å². The molecule has 0 heterocycles. The number of allylic oxidation sites excluding steroid dienone is 1. The molecule has 3 aromatic rings. The molecule has 0 amide bonds. The molecule has 0 fully saturated rings. The molecule has 0 radical (unpaired) electrons. The van der Waals surface area contributed by atoms with E-state index in [1.54, 1.807) is 37.3 Å². The zero-order valence-electron chi connectivity index (χ0n) is 15.7. The first-order valence-electron chi connectivity index (χ1n) is 8.80. The van der Waals surface area contributed by atoms with Gasteiger partial charge in [-0.05, 0) is 41.8 Å². The van der Waals surface area contributed by atoms with E-state index in [1.807, 2.05) is 54.6 Å². The highest BCUT2D eigenvalue weighted by molar-refractivity contribution is 6.10. The van der Waals surface area contributed by atoms with Crippen molar-refractivity contribution < 1.29 is 14.7 Å². The van der Waals surface area contributed by atoms with Gasteiger partial charge in [0.2, 0.25) is 0 Å². The summed E-state index contributed by atoms with van der Waals surface area (Å²) in [6, 6.07) is 25.5. The number of carbonyl (C=O) groups excluding carboxylic acids is 1. The third-order valence-corrected chi connectivity index (χ3v) is 3.97. The van der Waals surface area contributed by atoms with Crippen LogP contribution in [0.25, 0.3) is 12.2 Å². The van der Waals surface area contributed by atoms with E-state index in [0.29, 0.717) is 11.1 Å². The van der Waals surface area contributed by atoms with Gasteiger partial charge in [0.25, 0.3) is 0 Å². The number of carbonyl (C=O) groups is 2. The minimum atomic E-state index is -0.961. The third-order valence-electron chi connectivity index (χ3n) is 3.97. The molecule has 3 aromatic carbocycles. The normalized spacial score (nSPS) is 10.4. The Morgan fingerprint density at radius 1 is 0.750 bits per heavy atom. The molecule has 0 unspecified atom stereocenters. The van der Waals surface area contributed by atoms with E-state index in [4.69, 9.17) is 5.11 Å². The predicted octanol–water partition coefficient (Wildman–Crippen LogP) is 6.00. The van der Waals surface area contributed by atoms with Crippen molar-refractivity contribution in [3.8, 4) is 0 Å². The van der Waals surface area contributed by atoms with Gasteiger partial charge in [0, 0.05) is 5.56 Å². The first-order valence-corrected chi connectivity index (χ1v) is 8.80. The van der Waals surface area contributed by atoms with Crippen LogP contribution in [0, 0.1) is 0 Å². The van der Waals surface area contributed by atoms with Crippen molar-refractivity contribution in [2.75, 3.05) is 0 Å². The summed E-state index contributed by atoms with van der Waals surface area (Å²) in [5, 5.41) is 8.82. The molecule has 0 saturated heterocycles. The summed E-state index contributed by atoms with van der Waals surface area (Å²) in [4.78, 5) is 22.9. The Morgan fingerprint density at radius 3 is 1.75 bits per heavy atom. The van der Waals surface area contributed by atoms with Gasteiger partial charge in [0.1, 0.15) is 0 Å². The fraction of sp³-hybridized carbons (Fsp3) is 0.0400. The monoisotopic (exact) mass is 370 g/mol. The summed E-state index contributed by atoms with van der Waals surface area (Å²) < 4.78 is 0. The Balaban J connectivity index is 0.000000292. The van der Waals surface area contributed by atoms with Crippen LogP contribution in [0.3, 0.4) is 0 Å². The predicted molar refractivity (Wildman–Crippen MR) is 114 cm³/mol. The summed E-state index contributed by atoms with van der Waals surface area (Å²) in [6.07, 6.45) is 3.58. The minimum Gasteiger partial charge on any atom is -0.478 e. The first kappa shape index (κ1) is 20.6. The van der Waals surface area contributed by atoms with Crippen molar-refractivity contribution in [2.24, 2.45) is 0 Å². The largest absolute Gasteiger partial charge is 0.478 e. The molecule has 0 atom stereocenters. The molecule has 0 spiro atoms. The molecule has 3 rings (SSSR count). The van der Waals surface area contributed by atoms with Crippen molar-refractivity contribution in [3.05, 3.63) is 119 Å². The molecule has 1 N–H and O–H groups in total. The molecule has 0 bridgehead atoms. The second kappa shape index (κ2) is 10.4. The highest BCUT2D eigenvalue weighted by Gasteiger charge is 2.07.